The van der Waals surface area contributed by atoms with Gasteiger partial charge in [0, 0.05) is 22.7 Å². The summed E-state index contributed by atoms with van der Waals surface area (Å²) in [6, 6.07) is 10.6. The fraction of sp³-hybridized carbons (Fsp3) is 0.0588. The number of aryl methyl sites for hydroxylation is 1. The Kier molecular flexibility index (Phi) is 3.61. The van der Waals surface area contributed by atoms with E-state index in [1.165, 1.54) is 12.1 Å². The van der Waals surface area contributed by atoms with Gasteiger partial charge in [0.1, 0.15) is 5.56 Å². The molecule has 0 saturated carbocycles. The number of rotatable bonds is 4. The van der Waals surface area contributed by atoms with Gasteiger partial charge in [-0.25, -0.2) is 4.79 Å². The topological polar surface area (TPSA) is 113 Å². The molecular weight excluding hydrogens is 312 g/mol. The number of carboxylic acid groups (broad SMARTS) is 1. The van der Waals surface area contributed by atoms with E-state index in [0.29, 0.717) is 16.6 Å². The fourth-order valence-corrected chi connectivity index (χ4v) is 2.80. The standard InChI is InChI=1S/C17H12N2O5/c1-9-14(10-5-2-3-7-12(10)18-9)16(20)15-11(17(21)22)6-4-8-13(15)19(23)24/h2-8,18H,1H3,(H,21,22). The van der Waals surface area contributed by atoms with Gasteiger partial charge in [-0.15, -0.1) is 0 Å². The van der Waals surface area contributed by atoms with Gasteiger partial charge in [0.25, 0.3) is 5.69 Å². The molecule has 0 amide bonds. The highest BCUT2D eigenvalue weighted by Gasteiger charge is 2.30. The number of para-hydroxylation sites is 1. The second-order valence-corrected chi connectivity index (χ2v) is 5.26. The number of fused-ring (bicyclic) bond motifs is 1. The number of carboxylic acids is 1. The Balaban J connectivity index is 2.32. The summed E-state index contributed by atoms with van der Waals surface area (Å²) in [6.07, 6.45) is 0. The number of hydrogen-bond donors (Lipinski definition) is 2. The molecule has 0 aliphatic heterocycles. The van der Waals surface area contributed by atoms with Crippen LogP contribution in [0.4, 0.5) is 5.69 Å². The Morgan fingerprint density at radius 3 is 2.46 bits per heavy atom. The summed E-state index contributed by atoms with van der Waals surface area (Å²) in [5, 5.41) is 21.2. The van der Waals surface area contributed by atoms with Crippen molar-refractivity contribution in [3.8, 4) is 0 Å². The molecule has 2 N–H and O–H groups in total. The van der Waals surface area contributed by atoms with E-state index >= 15 is 0 Å². The smallest absolute Gasteiger partial charge is 0.336 e. The van der Waals surface area contributed by atoms with E-state index < -0.39 is 27.9 Å². The van der Waals surface area contributed by atoms with Gasteiger partial charge in [-0.05, 0) is 19.1 Å². The van der Waals surface area contributed by atoms with Crippen molar-refractivity contribution in [3.05, 3.63) is 75.0 Å². The number of aromatic carboxylic acids is 1. The molecular formula is C17H12N2O5. The molecule has 0 aliphatic rings. The van der Waals surface area contributed by atoms with Crippen LogP contribution in [0.15, 0.2) is 42.5 Å². The zero-order valence-corrected chi connectivity index (χ0v) is 12.6. The first-order valence-electron chi connectivity index (χ1n) is 7.04. The number of H-pyrrole nitrogens is 1. The Morgan fingerprint density at radius 2 is 1.79 bits per heavy atom. The lowest BCUT2D eigenvalue weighted by atomic mass is 9.95. The summed E-state index contributed by atoms with van der Waals surface area (Å²) >= 11 is 0. The van der Waals surface area contributed by atoms with Crippen LogP contribution in [0.2, 0.25) is 0 Å². The van der Waals surface area contributed by atoms with Crippen molar-refractivity contribution in [1.29, 1.82) is 0 Å². The number of aromatic nitrogens is 1. The van der Waals surface area contributed by atoms with Gasteiger partial charge in [0.05, 0.1) is 16.1 Å². The number of nitro groups is 1. The first kappa shape index (κ1) is 15.4. The lowest BCUT2D eigenvalue weighted by Crippen LogP contribution is -2.13. The Morgan fingerprint density at radius 1 is 1.08 bits per heavy atom. The number of carbonyl (C=O) groups excluding carboxylic acids is 1. The molecule has 2 aromatic carbocycles. The van der Waals surface area contributed by atoms with E-state index in [1.54, 1.807) is 31.2 Å². The molecule has 0 radical (unpaired) electrons. The van der Waals surface area contributed by atoms with Gasteiger partial charge >= 0.3 is 5.97 Å². The van der Waals surface area contributed by atoms with E-state index in [2.05, 4.69) is 4.98 Å². The largest absolute Gasteiger partial charge is 0.478 e. The van der Waals surface area contributed by atoms with Crippen LogP contribution in [0.25, 0.3) is 10.9 Å². The maximum absolute atomic E-state index is 13.0. The monoisotopic (exact) mass is 324 g/mol. The minimum absolute atomic E-state index is 0.238. The molecule has 0 spiro atoms. The highest BCUT2D eigenvalue weighted by Crippen LogP contribution is 2.30. The molecule has 0 bridgehead atoms. The van der Waals surface area contributed by atoms with Crippen molar-refractivity contribution in [2.24, 2.45) is 0 Å². The quantitative estimate of drug-likeness (QED) is 0.434. The van der Waals surface area contributed by atoms with Crippen LogP contribution in [0.5, 0.6) is 0 Å². The average Bonchev–Trinajstić information content (AvgIpc) is 2.89. The molecule has 7 nitrogen and oxygen atoms in total. The zero-order valence-electron chi connectivity index (χ0n) is 12.6. The number of ketones is 1. The summed E-state index contributed by atoms with van der Waals surface area (Å²) in [6.45, 7) is 1.67. The highest BCUT2D eigenvalue weighted by molar-refractivity contribution is 6.22. The summed E-state index contributed by atoms with van der Waals surface area (Å²) < 4.78 is 0. The molecule has 7 heteroatoms. The first-order chi connectivity index (χ1) is 11.4. The predicted octanol–water partition coefficient (Wildman–Crippen LogP) is 3.31. The second kappa shape index (κ2) is 5.62. The fourth-order valence-electron chi connectivity index (χ4n) is 2.80. The van der Waals surface area contributed by atoms with Gasteiger partial charge in [0.2, 0.25) is 5.78 Å². The number of nitrogens with one attached hydrogen (secondary N) is 1. The SMILES string of the molecule is Cc1[nH]c2ccccc2c1C(=O)c1c(C(=O)O)cccc1[N+](=O)[O-]. The molecule has 0 saturated heterocycles. The Bertz CT molecular complexity index is 971. The predicted molar refractivity (Wildman–Crippen MR) is 86.5 cm³/mol. The number of carbonyl (C=O) groups is 2. The Labute approximate surface area is 135 Å². The van der Waals surface area contributed by atoms with Crippen molar-refractivity contribution in [2.45, 2.75) is 6.92 Å². The van der Waals surface area contributed by atoms with Gasteiger partial charge < -0.3 is 10.1 Å². The molecule has 0 atom stereocenters. The molecule has 120 valence electrons. The van der Waals surface area contributed by atoms with Crippen LogP contribution >= 0.6 is 0 Å². The minimum atomic E-state index is -1.39. The van der Waals surface area contributed by atoms with Crippen molar-refractivity contribution < 1.29 is 19.6 Å². The molecule has 3 rings (SSSR count). The third kappa shape index (κ3) is 2.32. The van der Waals surface area contributed by atoms with Crippen LogP contribution in [-0.4, -0.2) is 26.8 Å². The van der Waals surface area contributed by atoms with E-state index in [-0.39, 0.29) is 11.1 Å². The molecule has 1 heterocycles. The number of nitrogens with zero attached hydrogens (tertiary/aromatic N) is 1. The van der Waals surface area contributed by atoms with Crippen LogP contribution in [-0.2, 0) is 0 Å². The van der Waals surface area contributed by atoms with Crippen LogP contribution in [0, 0.1) is 17.0 Å². The van der Waals surface area contributed by atoms with Crippen molar-refractivity contribution in [2.75, 3.05) is 0 Å². The number of aromatic amines is 1. The molecule has 3 aromatic rings. The van der Waals surface area contributed by atoms with Gasteiger partial charge in [-0.2, -0.15) is 0 Å². The normalized spacial score (nSPS) is 10.7. The third-order valence-corrected chi connectivity index (χ3v) is 3.82. The third-order valence-electron chi connectivity index (χ3n) is 3.82. The molecule has 0 aliphatic carbocycles. The summed E-state index contributed by atoms with van der Waals surface area (Å²) in [5.41, 5.74) is 0.137. The van der Waals surface area contributed by atoms with Crippen LogP contribution in [0.1, 0.15) is 32.0 Å². The van der Waals surface area contributed by atoms with Gasteiger partial charge in [0.15, 0.2) is 0 Å². The summed E-state index contributed by atoms with van der Waals surface area (Å²) in [5.74, 6) is -2.07. The zero-order chi connectivity index (χ0) is 17.4. The van der Waals surface area contributed by atoms with Crippen molar-refractivity contribution in [3.63, 3.8) is 0 Å². The van der Waals surface area contributed by atoms with Gasteiger partial charge in [-0.3, -0.25) is 14.9 Å². The van der Waals surface area contributed by atoms with E-state index in [1.807, 2.05) is 0 Å². The molecule has 0 fully saturated rings. The molecule has 0 unspecified atom stereocenters. The maximum Gasteiger partial charge on any atom is 0.336 e. The number of hydrogen-bond acceptors (Lipinski definition) is 4. The van der Waals surface area contributed by atoms with Crippen LogP contribution < -0.4 is 0 Å². The first-order valence-corrected chi connectivity index (χ1v) is 7.04. The van der Waals surface area contributed by atoms with E-state index in [4.69, 9.17) is 0 Å². The van der Waals surface area contributed by atoms with E-state index in [0.717, 1.165) is 6.07 Å². The second-order valence-electron chi connectivity index (χ2n) is 5.26. The number of benzene rings is 2. The summed E-state index contributed by atoms with van der Waals surface area (Å²) in [7, 11) is 0. The average molecular weight is 324 g/mol. The van der Waals surface area contributed by atoms with E-state index in [9.17, 15) is 24.8 Å². The lowest BCUT2D eigenvalue weighted by molar-refractivity contribution is -0.385. The van der Waals surface area contributed by atoms with Crippen molar-refractivity contribution >= 4 is 28.3 Å². The lowest BCUT2D eigenvalue weighted by Gasteiger charge is -2.07. The maximum atomic E-state index is 13.0. The summed E-state index contributed by atoms with van der Waals surface area (Å²) in [4.78, 5) is 38.0. The van der Waals surface area contributed by atoms with Crippen LogP contribution in [0.3, 0.4) is 0 Å². The molecule has 1 aromatic heterocycles. The minimum Gasteiger partial charge on any atom is -0.478 e. The molecule has 24 heavy (non-hydrogen) atoms. The highest BCUT2D eigenvalue weighted by atomic mass is 16.6. The number of nitro benzene ring substituents is 1. The Hall–Kier alpha value is -3.48. The van der Waals surface area contributed by atoms with Gasteiger partial charge in [-0.1, -0.05) is 24.3 Å². The van der Waals surface area contributed by atoms with Crippen molar-refractivity contribution in [1.82, 2.24) is 4.98 Å².